The van der Waals surface area contributed by atoms with Crippen molar-refractivity contribution in [2.75, 3.05) is 0 Å². The van der Waals surface area contributed by atoms with Gasteiger partial charge in [-0.2, -0.15) is 0 Å². The van der Waals surface area contributed by atoms with Crippen molar-refractivity contribution in [1.29, 1.82) is 0 Å². The molecule has 2 atom stereocenters. The minimum atomic E-state index is -0.515. The van der Waals surface area contributed by atoms with Crippen molar-refractivity contribution >= 4 is 17.6 Å². The van der Waals surface area contributed by atoms with E-state index in [4.69, 9.17) is 27.2 Å². The van der Waals surface area contributed by atoms with E-state index in [9.17, 15) is 4.79 Å². The number of carbonyl (C=O) groups is 1. The third kappa shape index (κ3) is 13.2. The highest BCUT2D eigenvalue weighted by atomic mass is 35.5. The number of phenolic OH excluding ortho intramolecular Hbond substituents is 1. The Morgan fingerprint density at radius 3 is 2.12 bits per heavy atom. The van der Waals surface area contributed by atoms with Crippen LogP contribution < -0.4 is 5.73 Å². The van der Waals surface area contributed by atoms with Crippen LogP contribution in [0.5, 0.6) is 5.75 Å². The van der Waals surface area contributed by atoms with Crippen molar-refractivity contribution in [3.8, 4) is 5.75 Å². The van der Waals surface area contributed by atoms with Crippen molar-refractivity contribution < 1.29 is 14.6 Å². The minimum absolute atomic E-state index is 0.0154. The smallest absolute Gasteiger partial charge is 0.322 e. The van der Waals surface area contributed by atoms with Gasteiger partial charge in [0.1, 0.15) is 11.8 Å². The average Bonchev–Trinajstić information content (AvgIpc) is 2.54. The number of phenols is 1. The quantitative estimate of drug-likeness (QED) is 0.688. The first kappa shape index (κ1) is 25.0. The van der Waals surface area contributed by atoms with Gasteiger partial charge in [-0.15, -0.1) is 0 Å². The molecule has 0 saturated carbocycles. The number of benzene rings is 1. The predicted molar refractivity (Wildman–Crippen MR) is 102 cm³/mol. The van der Waals surface area contributed by atoms with Gasteiger partial charge in [-0.05, 0) is 44.4 Å². The van der Waals surface area contributed by atoms with Gasteiger partial charge in [-0.25, -0.2) is 0 Å². The molecule has 3 N–H and O–H groups in total. The maximum absolute atomic E-state index is 11.2. The van der Waals surface area contributed by atoms with Crippen LogP contribution in [0.3, 0.4) is 0 Å². The van der Waals surface area contributed by atoms with Gasteiger partial charge in [-0.3, -0.25) is 4.79 Å². The molecule has 1 rings (SSSR count). The third-order valence-electron chi connectivity index (χ3n) is 3.32. The first-order chi connectivity index (χ1) is 11.3. The Kier molecular flexibility index (Phi) is 15.9. The molecular weight excluding hydrogens is 326 g/mol. The summed E-state index contributed by atoms with van der Waals surface area (Å²) in [5, 5.41) is 9.29. The second kappa shape index (κ2) is 15.3. The van der Waals surface area contributed by atoms with Gasteiger partial charge in [-0.1, -0.05) is 58.2 Å². The lowest BCUT2D eigenvalue weighted by atomic mass is 9.97. The fraction of sp³-hybridized carbons (Fsp3) is 0.632. The molecule has 4 nitrogen and oxygen atoms in total. The van der Waals surface area contributed by atoms with E-state index in [-0.39, 0.29) is 17.8 Å². The van der Waals surface area contributed by atoms with E-state index in [1.807, 2.05) is 20.8 Å². The summed E-state index contributed by atoms with van der Waals surface area (Å²) < 4.78 is 5.18. The van der Waals surface area contributed by atoms with Crippen LogP contribution in [0.25, 0.3) is 0 Å². The highest BCUT2D eigenvalue weighted by Gasteiger charge is 2.16. The van der Waals surface area contributed by atoms with E-state index < -0.39 is 6.04 Å². The van der Waals surface area contributed by atoms with E-state index in [0.29, 0.717) is 10.9 Å². The standard InChI is InChI=1S/C11H23NO2.C6H5ClO.C2H6/c1-5-10(6-2)7-8(3)14-11(13)9(4)12;7-5-2-1-3-6(8)4-5;1-2/h8-10H,5-7,12H2,1-4H3;1-4,8H;1-2H3/t8?,9-;;/m0../s1. The molecule has 0 spiro atoms. The molecule has 24 heavy (non-hydrogen) atoms. The van der Waals surface area contributed by atoms with Crippen LogP contribution in [0.4, 0.5) is 0 Å². The zero-order valence-corrected chi connectivity index (χ0v) is 16.6. The molecular formula is C19H34ClNO3. The van der Waals surface area contributed by atoms with Gasteiger partial charge in [0.05, 0.1) is 6.10 Å². The summed E-state index contributed by atoms with van der Waals surface area (Å²) in [7, 11) is 0. The molecule has 0 aliphatic rings. The lowest BCUT2D eigenvalue weighted by Gasteiger charge is -2.19. The van der Waals surface area contributed by atoms with Gasteiger partial charge in [0.25, 0.3) is 0 Å². The highest BCUT2D eigenvalue weighted by Crippen LogP contribution is 2.16. The molecule has 0 heterocycles. The van der Waals surface area contributed by atoms with Crippen molar-refractivity contribution in [3.63, 3.8) is 0 Å². The molecule has 1 aromatic carbocycles. The molecule has 1 unspecified atom stereocenters. The first-order valence-corrected chi connectivity index (χ1v) is 9.08. The zero-order valence-electron chi connectivity index (χ0n) is 15.9. The van der Waals surface area contributed by atoms with Gasteiger partial charge in [0, 0.05) is 5.02 Å². The third-order valence-corrected chi connectivity index (χ3v) is 3.55. The van der Waals surface area contributed by atoms with Crippen molar-refractivity contribution in [3.05, 3.63) is 29.3 Å². The van der Waals surface area contributed by atoms with E-state index in [0.717, 1.165) is 19.3 Å². The molecule has 0 aliphatic heterocycles. The summed E-state index contributed by atoms with van der Waals surface area (Å²) in [5.41, 5.74) is 5.41. The Labute approximate surface area is 152 Å². The molecule has 0 fully saturated rings. The summed E-state index contributed by atoms with van der Waals surface area (Å²) >= 11 is 5.48. The number of nitrogens with two attached hydrogens (primary N) is 1. The second-order valence-electron chi connectivity index (χ2n) is 5.43. The molecule has 0 saturated heterocycles. The summed E-state index contributed by atoms with van der Waals surface area (Å²) in [6.45, 7) is 11.9. The van der Waals surface area contributed by atoms with Crippen molar-refractivity contribution in [1.82, 2.24) is 0 Å². The van der Waals surface area contributed by atoms with Crippen LogP contribution in [-0.4, -0.2) is 23.2 Å². The van der Waals surface area contributed by atoms with Gasteiger partial charge >= 0.3 is 5.97 Å². The zero-order chi connectivity index (χ0) is 19.1. The van der Waals surface area contributed by atoms with Gasteiger partial charge in [0.2, 0.25) is 0 Å². The number of carbonyl (C=O) groups excluding carboxylic acids is 1. The molecule has 5 heteroatoms. The lowest BCUT2D eigenvalue weighted by molar-refractivity contribution is -0.150. The molecule has 0 bridgehead atoms. The average molecular weight is 360 g/mol. The van der Waals surface area contributed by atoms with Crippen LogP contribution >= 0.6 is 11.6 Å². The summed E-state index contributed by atoms with van der Waals surface area (Å²) in [6.07, 6.45) is 3.19. The monoisotopic (exact) mass is 359 g/mol. The topological polar surface area (TPSA) is 72.5 Å². The fourth-order valence-electron chi connectivity index (χ4n) is 1.92. The Hall–Kier alpha value is -1.26. The maximum Gasteiger partial charge on any atom is 0.322 e. The Balaban J connectivity index is 0. The number of ether oxygens (including phenoxy) is 1. The van der Waals surface area contributed by atoms with Gasteiger partial charge < -0.3 is 15.6 Å². The maximum atomic E-state index is 11.2. The molecule has 1 aromatic rings. The van der Waals surface area contributed by atoms with Crippen LogP contribution in [-0.2, 0) is 9.53 Å². The first-order valence-electron chi connectivity index (χ1n) is 8.70. The van der Waals surface area contributed by atoms with E-state index in [1.54, 1.807) is 25.1 Å². The number of rotatable bonds is 6. The number of hydrogen-bond acceptors (Lipinski definition) is 4. The summed E-state index contributed by atoms with van der Waals surface area (Å²) in [4.78, 5) is 11.2. The predicted octanol–water partition coefficient (Wildman–Crippen LogP) is 5.16. The molecule has 0 aromatic heterocycles. The summed E-state index contributed by atoms with van der Waals surface area (Å²) in [6, 6.07) is 5.95. The van der Waals surface area contributed by atoms with E-state index in [1.165, 1.54) is 6.07 Å². The Morgan fingerprint density at radius 2 is 1.79 bits per heavy atom. The number of esters is 1. The molecule has 0 aliphatic carbocycles. The Morgan fingerprint density at radius 1 is 1.25 bits per heavy atom. The lowest BCUT2D eigenvalue weighted by Crippen LogP contribution is -2.32. The van der Waals surface area contributed by atoms with Crippen LogP contribution in [0, 0.1) is 5.92 Å². The van der Waals surface area contributed by atoms with Crippen molar-refractivity contribution in [2.24, 2.45) is 11.7 Å². The largest absolute Gasteiger partial charge is 0.508 e. The SMILES string of the molecule is CC.CCC(CC)CC(C)OC(=O)[C@H](C)N.Oc1cccc(Cl)c1. The highest BCUT2D eigenvalue weighted by molar-refractivity contribution is 6.30. The molecule has 0 amide bonds. The van der Waals surface area contributed by atoms with Crippen LogP contribution in [0.1, 0.15) is 60.8 Å². The number of halogens is 1. The number of aromatic hydroxyl groups is 1. The fourth-order valence-corrected chi connectivity index (χ4v) is 2.11. The normalized spacial score (nSPS) is 12.2. The van der Waals surface area contributed by atoms with Crippen LogP contribution in [0.15, 0.2) is 24.3 Å². The van der Waals surface area contributed by atoms with E-state index >= 15 is 0 Å². The minimum Gasteiger partial charge on any atom is -0.508 e. The van der Waals surface area contributed by atoms with Crippen molar-refractivity contribution in [2.45, 2.75) is 73.0 Å². The Bertz CT molecular complexity index is 417. The van der Waals surface area contributed by atoms with Crippen LogP contribution in [0.2, 0.25) is 5.02 Å². The summed E-state index contributed by atoms with van der Waals surface area (Å²) in [5.74, 6) is 0.548. The number of hydrogen-bond donors (Lipinski definition) is 2. The molecule has 0 radical (unpaired) electrons. The van der Waals surface area contributed by atoms with E-state index in [2.05, 4.69) is 13.8 Å². The van der Waals surface area contributed by atoms with Gasteiger partial charge in [0.15, 0.2) is 0 Å². The molecule has 140 valence electrons. The second-order valence-corrected chi connectivity index (χ2v) is 5.87.